The van der Waals surface area contributed by atoms with E-state index >= 15 is 0 Å². The molecule has 0 aromatic carbocycles. The Morgan fingerprint density at radius 3 is 2.70 bits per heavy atom. The molecule has 7 nitrogen and oxygen atoms in total. The molecule has 0 unspecified atom stereocenters. The topological polar surface area (TPSA) is 90.8 Å². The number of likely N-dealkylation sites (tertiary alicyclic amines) is 1. The van der Waals surface area contributed by atoms with Gasteiger partial charge in [-0.2, -0.15) is 0 Å². The number of aromatic nitrogens is 1. The highest BCUT2D eigenvalue weighted by atomic mass is 16.4. The number of nitrogens with zero attached hydrogens (tertiary/aromatic N) is 3. The van der Waals surface area contributed by atoms with E-state index in [1.165, 1.54) is 11.8 Å². The standard InChI is InChI=1S/C16H21N3O4/c1-12(20)19(11-15(21)22)13-5-4-9-18(10-7-13)16(23)14-6-2-3-8-17-14/h2-3,6,8,13H,4-5,7,9-11H2,1H3,(H,21,22)/t13-/m0/s1. The Kier molecular flexibility index (Phi) is 5.67. The predicted molar refractivity (Wildman–Crippen MR) is 82.8 cm³/mol. The second-order valence-electron chi connectivity index (χ2n) is 5.63. The number of amides is 2. The van der Waals surface area contributed by atoms with E-state index in [4.69, 9.17) is 5.11 Å². The lowest BCUT2D eigenvalue weighted by Crippen LogP contribution is -2.43. The van der Waals surface area contributed by atoms with Crippen molar-refractivity contribution in [3.05, 3.63) is 30.1 Å². The van der Waals surface area contributed by atoms with Crippen LogP contribution in [-0.4, -0.2) is 63.4 Å². The van der Waals surface area contributed by atoms with Crippen LogP contribution in [0.1, 0.15) is 36.7 Å². The van der Waals surface area contributed by atoms with Gasteiger partial charge < -0.3 is 14.9 Å². The molecule has 1 aliphatic heterocycles. The predicted octanol–water partition coefficient (Wildman–Crippen LogP) is 1.01. The fraction of sp³-hybridized carbons (Fsp3) is 0.500. The van der Waals surface area contributed by atoms with E-state index in [1.54, 1.807) is 29.3 Å². The zero-order chi connectivity index (χ0) is 16.8. The quantitative estimate of drug-likeness (QED) is 0.894. The summed E-state index contributed by atoms with van der Waals surface area (Å²) in [5.41, 5.74) is 0.403. The van der Waals surface area contributed by atoms with E-state index in [2.05, 4.69) is 4.98 Å². The van der Waals surface area contributed by atoms with Crippen LogP contribution in [0.25, 0.3) is 0 Å². The number of pyridine rings is 1. The van der Waals surface area contributed by atoms with Gasteiger partial charge in [0.15, 0.2) is 0 Å². The molecule has 1 aromatic rings. The van der Waals surface area contributed by atoms with Crippen LogP contribution in [0.15, 0.2) is 24.4 Å². The lowest BCUT2D eigenvalue weighted by atomic mass is 10.1. The molecule has 124 valence electrons. The van der Waals surface area contributed by atoms with Crippen molar-refractivity contribution in [2.45, 2.75) is 32.2 Å². The second kappa shape index (κ2) is 7.71. The van der Waals surface area contributed by atoms with E-state index in [0.717, 1.165) is 6.42 Å². The Morgan fingerprint density at radius 2 is 2.09 bits per heavy atom. The minimum Gasteiger partial charge on any atom is -0.480 e. The molecule has 1 N–H and O–H groups in total. The molecule has 0 spiro atoms. The van der Waals surface area contributed by atoms with Gasteiger partial charge in [0.25, 0.3) is 5.91 Å². The highest BCUT2D eigenvalue weighted by molar-refractivity contribution is 5.92. The number of rotatable bonds is 4. The summed E-state index contributed by atoms with van der Waals surface area (Å²) < 4.78 is 0. The number of aliphatic carboxylic acids is 1. The van der Waals surface area contributed by atoms with Crippen LogP contribution in [0, 0.1) is 0 Å². The van der Waals surface area contributed by atoms with Crippen LogP contribution in [0.2, 0.25) is 0 Å². The Balaban J connectivity index is 2.02. The van der Waals surface area contributed by atoms with Gasteiger partial charge in [0.05, 0.1) is 0 Å². The van der Waals surface area contributed by atoms with E-state index < -0.39 is 5.97 Å². The summed E-state index contributed by atoms with van der Waals surface area (Å²) in [4.78, 5) is 42.2. The van der Waals surface area contributed by atoms with Gasteiger partial charge in [-0.05, 0) is 31.4 Å². The second-order valence-corrected chi connectivity index (χ2v) is 5.63. The van der Waals surface area contributed by atoms with Crippen molar-refractivity contribution in [2.24, 2.45) is 0 Å². The Bertz CT molecular complexity index is 576. The monoisotopic (exact) mass is 319 g/mol. The number of hydrogen-bond donors (Lipinski definition) is 1. The molecule has 7 heteroatoms. The average molecular weight is 319 g/mol. The Morgan fingerprint density at radius 1 is 1.30 bits per heavy atom. The molecule has 1 fully saturated rings. The third-order valence-corrected chi connectivity index (χ3v) is 4.02. The minimum atomic E-state index is -1.02. The summed E-state index contributed by atoms with van der Waals surface area (Å²) in [5.74, 6) is -1.40. The lowest BCUT2D eigenvalue weighted by Gasteiger charge is -2.28. The zero-order valence-electron chi connectivity index (χ0n) is 13.1. The van der Waals surface area contributed by atoms with Crippen molar-refractivity contribution >= 4 is 17.8 Å². The molecule has 23 heavy (non-hydrogen) atoms. The Hall–Kier alpha value is -2.44. The van der Waals surface area contributed by atoms with Gasteiger partial charge in [0.2, 0.25) is 5.91 Å². The molecule has 0 bridgehead atoms. The van der Waals surface area contributed by atoms with Crippen LogP contribution in [0.4, 0.5) is 0 Å². The molecule has 0 radical (unpaired) electrons. The first-order chi connectivity index (χ1) is 11.0. The molecule has 1 aliphatic rings. The molecule has 0 aliphatic carbocycles. The highest BCUT2D eigenvalue weighted by Crippen LogP contribution is 2.18. The van der Waals surface area contributed by atoms with Crippen molar-refractivity contribution in [1.29, 1.82) is 0 Å². The summed E-state index contributed by atoms with van der Waals surface area (Å²) in [6, 6.07) is 5.05. The first-order valence-electron chi connectivity index (χ1n) is 7.68. The fourth-order valence-electron chi connectivity index (χ4n) is 2.89. The van der Waals surface area contributed by atoms with Gasteiger partial charge in [-0.1, -0.05) is 6.07 Å². The Labute approximate surface area is 134 Å². The smallest absolute Gasteiger partial charge is 0.323 e. The van der Waals surface area contributed by atoms with Gasteiger partial charge in [-0.3, -0.25) is 19.4 Å². The summed E-state index contributed by atoms with van der Waals surface area (Å²) in [5, 5.41) is 8.96. The summed E-state index contributed by atoms with van der Waals surface area (Å²) in [7, 11) is 0. The lowest BCUT2D eigenvalue weighted by molar-refractivity contribution is -0.145. The molecule has 1 aromatic heterocycles. The van der Waals surface area contributed by atoms with Gasteiger partial charge in [-0.15, -0.1) is 0 Å². The van der Waals surface area contributed by atoms with Crippen LogP contribution in [0.5, 0.6) is 0 Å². The highest BCUT2D eigenvalue weighted by Gasteiger charge is 2.28. The molecule has 1 atom stereocenters. The minimum absolute atomic E-state index is 0.126. The van der Waals surface area contributed by atoms with Gasteiger partial charge >= 0.3 is 5.97 Å². The summed E-state index contributed by atoms with van der Waals surface area (Å²) >= 11 is 0. The fourth-order valence-corrected chi connectivity index (χ4v) is 2.89. The van der Waals surface area contributed by atoms with Crippen molar-refractivity contribution in [3.8, 4) is 0 Å². The van der Waals surface area contributed by atoms with Crippen molar-refractivity contribution in [3.63, 3.8) is 0 Å². The first kappa shape index (κ1) is 16.9. The van der Waals surface area contributed by atoms with Crippen LogP contribution >= 0.6 is 0 Å². The molecule has 0 saturated carbocycles. The maximum Gasteiger partial charge on any atom is 0.323 e. The number of carboxylic acid groups (broad SMARTS) is 1. The van der Waals surface area contributed by atoms with Crippen LogP contribution in [-0.2, 0) is 9.59 Å². The van der Waals surface area contributed by atoms with E-state index in [1.807, 2.05) is 0 Å². The maximum absolute atomic E-state index is 12.4. The zero-order valence-corrected chi connectivity index (χ0v) is 13.1. The molecular formula is C16H21N3O4. The van der Waals surface area contributed by atoms with E-state index in [9.17, 15) is 14.4 Å². The number of carbonyl (C=O) groups excluding carboxylic acids is 2. The molecule has 2 amide bonds. The van der Waals surface area contributed by atoms with Gasteiger partial charge in [0.1, 0.15) is 12.2 Å². The molecule has 2 heterocycles. The summed E-state index contributed by atoms with van der Waals surface area (Å²) in [6.07, 6.45) is 3.58. The van der Waals surface area contributed by atoms with E-state index in [0.29, 0.717) is 31.6 Å². The van der Waals surface area contributed by atoms with Crippen LogP contribution < -0.4 is 0 Å². The van der Waals surface area contributed by atoms with Crippen molar-refractivity contribution < 1.29 is 19.5 Å². The molecular weight excluding hydrogens is 298 g/mol. The molecule has 1 saturated heterocycles. The number of carbonyl (C=O) groups is 3. The average Bonchev–Trinajstić information content (AvgIpc) is 2.78. The number of carboxylic acids is 1. The first-order valence-corrected chi connectivity index (χ1v) is 7.68. The van der Waals surface area contributed by atoms with Gasteiger partial charge in [-0.25, -0.2) is 0 Å². The SMILES string of the molecule is CC(=O)N(CC(=O)O)[C@H]1CCCN(C(=O)c2ccccn2)CC1. The van der Waals surface area contributed by atoms with Crippen molar-refractivity contribution in [1.82, 2.24) is 14.8 Å². The third kappa shape index (κ3) is 4.51. The third-order valence-electron chi connectivity index (χ3n) is 4.02. The largest absolute Gasteiger partial charge is 0.480 e. The van der Waals surface area contributed by atoms with Gasteiger partial charge in [0, 0.05) is 32.3 Å². The summed E-state index contributed by atoms with van der Waals surface area (Å²) in [6.45, 7) is 2.16. The molecule has 2 rings (SSSR count). The van der Waals surface area contributed by atoms with Crippen molar-refractivity contribution in [2.75, 3.05) is 19.6 Å². The number of hydrogen-bond acceptors (Lipinski definition) is 4. The van der Waals surface area contributed by atoms with E-state index in [-0.39, 0.29) is 24.4 Å². The maximum atomic E-state index is 12.4. The normalized spacial score (nSPS) is 18.1. The van der Waals surface area contributed by atoms with Crippen LogP contribution in [0.3, 0.4) is 0 Å².